The average molecular weight is 266 g/mol. The zero-order valence-corrected chi connectivity index (χ0v) is 13.3. The number of rotatable bonds is 5. The van der Waals surface area contributed by atoms with Crippen molar-refractivity contribution < 1.29 is 0 Å². The van der Waals surface area contributed by atoms with Crippen LogP contribution < -0.4 is 5.32 Å². The first-order chi connectivity index (χ1) is 9.17. The van der Waals surface area contributed by atoms with E-state index in [0.29, 0.717) is 0 Å². The van der Waals surface area contributed by atoms with E-state index in [1.54, 1.807) is 0 Å². The van der Waals surface area contributed by atoms with E-state index < -0.39 is 0 Å². The van der Waals surface area contributed by atoms with E-state index >= 15 is 0 Å². The summed E-state index contributed by atoms with van der Waals surface area (Å²) in [6.45, 7) is 10.9. The van der Waals surface area contributed by atoms with Crippen molar-refractivity contribution in [2.75, 3.05) is 19.6 Å². The molecule has 1 aliphatic heterocycles. The van der Waals surface area contributed by atoms with Crippen molar-refractivity contribution in [2.45, 2.75) is 77.8 Å². The predicted octanol–water partition coefficient (Wildman–Crippen LogP) is 3.67. The first-order valence-electron chi connectivity index (χ1n) is 8.65. The Balaban J connectivity index is 1.63. The lowest BCUT2D eigenvalue weighted by Gasteiger charge is -2.37. The van der Waals surface area contributed by atoms with Crippen LogP contribution in [-0.2, 0) is 0 Å². The molecular formula is C17H34N2. The van der Waals surface area contributed by atoms with Gasteiger partial charge in [-0.1, -0.05) is 27.2 Å². The minimum Gasteiger partial charge on any atom is -0.311 e. The molecule has 19 heavy (non-hydrogen) atoms. The number of hydrogen-bond acceptors (Lipinski definition) is 2. The second kappa shape index (κ2) is 7.64. The number of nitrogens with one attached hydrogen (secondary N) is 1. The zero-order chi connectivity index (χ0) is 13.7. The van der Waals surface area contributed by atoms with Crippen LogP contribution in [0.15, 0.2) is 0 Å². The molecule has 1 N–H and O–H groups in total. The molecule has 1 heterocycles. The number of piperidine rings is 1. The maximum Gasteiger partial charge on any atom is 0.00940 e. The minimum absolute atomic E-state index is 0.798. The van der Waals surface area contributed by atoms with Crippen LogP contribution in [0, 0.1) is 11.8 Å². The lowest BCUT2D eigenvalue weighted by atomic mass is 9.84. The standard InChI is InChI=1S/C17H34N2/c1-4-15-5-7-16(8-6-15)18-17-9-11-19(12-10-17)13-14(2)3/h14-18H,4-13H2,1-3H3. The predicted molar refractivity (Wildman–Crippen MR) is 83.5 cm³/mol. The highest BCUT2D eigenvalue weighted by Crippen LogP contribution is 2.27. The number of nitrogens with zero attached hydrogens (tertiary/aromatic N) is 1. The van der Waals surface area contributed by atoms with Crippen molar-refractivity contribution in [1.29, 1.82) is 0 Å². The van der Waals surface area contributed by atoms with Crippen LogP contribution in [0.4, 0.5) is 0 Å². The summed E-state index contributed by atoms with van der Waals surface area (Å²) in [6, 6.07) is 1.62. The lowest BCUT2D eigenvalue weighted by molar-refractivity contribution is 0.165. The first-order valence-corrected chi connectivity index (χ1v) is 8.65. The van der Waals surface area contributed by atoms with E-state index in [2.05, 4.69) is 31.0 Å². The van der Waals surface area contributed by atoms with Crippen molar-refractivity contribution in [2.24, 2.45) is 11.8 Å². The van der Waals surface area contributed by atoms with Crippen LogP contribution in [0.5, 0.6) is 0 Å². The maximum absolute atomic E-state index is 3.95. The molecule has 2 rings (SSSR count). The van der Waals surface area contributed by atoms with Gasteiger partial charge >= 0.3 is 0 Å². The van der Waals surface area contributed by atoms with Gasteiger partial charge in [-0.05, 0) is 63.5 Å². The van der Waals surface area contributed by atoms with E-state index in [1.807, 2.05) is 0 Å². The second-order valence-corrected chi connectivity index (χ2v) is 7.26. The molecule has 0 amide bonds. The number of likely N-dealkylation sites (tertiary alicyclic amines) is 1. The van der Waals surface area contributed by atoms with Gasteiger partial charge in [0.2, 0.25) is 0 Å². The third-order valence-electron chi connectivity index (χ3n) is 5.11. The van der Waals surface area contributed by atoms with Gasteiger partial charge < -0.3 is 10.2 Å². The Bertz CT molecular complexity index is 236. The van der Waals surface area contributed by atoms with Gasteiger partial charge in [-0.25, -0.2) is 0 Å². The molecule has 0 radical (unpaired) electrons. The Morgan fingerprint density at radius 3 is 2.05 bits per heavy atom. The van der Waals surface area contributed by atoms with Crippen molar-refractivity contribution >= 4 is 0 Å². The van der Waals surface area contributed by atoms with Crippen molar-refractivity contribution in [3.8, 4) is 0 Å². The molecule has 2 fully saturated rings. The zero-order valence-electron chi connectivity index (χ0n) is 13.3. The molecule has 0 bridgehead atoms. The number of hydrogen-bond donors (Lipinski definition) is 1. The highest BCUT2D eigenvalue weighted by atomic mass is 15.1. The smallest absolute Gasteiger partial charge is 0.00940 e. The van der Waals surface area contributed by atoms with Crippen LogP contribution in [0.1, 0.15) is 65.7 Å². The normalized spacial score (nSPS) is 30.9. The molecular weight excluding hydrogens is 232 g/mol. The molecule has 0 spiro atoms. The van der Waals surface area contributed by atoms with Crippen LogP contribution in [0.3, 0.4) is 0 Å². The maximum atomic E-state index is 3.95. The van der Waals surface area contributed by atoms with Crippen LogP contribution in [0.2, 0.25) is 0 Å². The van der Waals surface area contributed by atoms with Gasteiger partial charge in [0, 0.05) is 18.6 Å². The molecule has 2 nitrogen and oxygen atoms in total. The summed E-state index contributed by atoms with van der Waals surface area (Å²) in [6.07, 6.45) is 9.87. The Morgan fingerprint density at radius 1 is 0.947 bits per heavy atom. The molecule has 112 valence electrons. The third-order valence-corrected chi connectivity index (χ3v) is 5.11. The SMILES string of the molecule is CCC1CCC(NC2CCN(CC(C)C)CC2)CC1. The molecule has 1 saturated carbocycles. The fourth-order valence-corrected chi connectivity index (χ4v) is 3.87. The average Bonchev–Trinajstić information content (AvgIpc) is 2.41. The summed E-state index contributed by atoms with van der Waals surface area (Å²) >= 11 is 0. The van der Waals surface area contributed by atoms with Gasteiger partial charge in [0.1, 0.15) is 0 Å². The summed E-state index contributed by atoms with van der Waals surface area (Å²) in [5.74, 6) is 1.83. The van der Waals surface area contributed by atoms with Gasteiger partial charge in [-0.15, -0.1) is 0 Å². The summed E-state index contributed by atoms with van der Waals surface area (Å²) < 4.78 is 0. The third kappa shape index (κ3) is 5.07. The summed E-state index contributed by atoms with van der Waals surface area (Å²) in [7, 11) is 0. The van der Waals surface area contributed by atoms with E-state index in [9.17, 15) is 0 Å². The molecule has 0 atom stereocenters. The highest BCUT2D eigenvalue weighted by molar-refractivity contribution is 4.83. The molecule has 0 unspecified atom stereocenters. The highest BCUT2D eigenvalue weighted by Gasteiger charge is 2.25. The largest absolute Gasteiger partial charge is 0.311 e. The van der Waals surface area contributed by atoms with Crippen LogP contribution in [-0.4, -0.2) is 36.6 Å². The van der Waals surface area contributed by atoms with E-state index in [-0.39, 0.29) is 0 Å². The quantitative estimate of drug-likeness (QED) is 0.817. The molecule has 0 aromatic heterocycles. The first kappa shape index (κ1) is 15.3. The molecule has 0 aromatic carbocycles. The minimum atomic E-state index is 0.798. The topological polar surface area (TPSA) is 15.3 Å². The molecule has 2 aliphatic rings. The van der Waals surface area contributed by atoms with Crippen molar-refractivity contribution in [3.05, 3.63) is 0 Å². The fourth-order valence-electron chi connectivity index (χ4n) is 3.87. The van der Waals surface area contributed by atoms with Gasteiger partial charge in [-0.3, -0.25) is 0 Å². The van der Waals surface area contributed by atoms with Gasteiger partial charge in [-0.2, -0.15) is 0 Å². The Labute approximate surface area is 120 Å². The Kier molecular flexibility index (Phi) is 6.15. The van der Waals surface area contributed by atoms with Crippen molar-refractivity contribution in [3.63, 3.8) is 0 Å². The lowest BCUT2D eigenvalue weighted by Crippen LogP contribution is -2.47. The van der Waals surface area contributed by atoms with Gasteiger partial charge in [0.15, 0.2) is 0 Å². The molecule has 0 aromatic rings. The van der Waals surface area contributed by atoms with Crippen LogP contribution in [0.25, 0.3) is 0 Å². The van der Waals surface area contributed by atoms with Gasteiger partial charge in [0.25, 0.3) is 0 Å². The van der Waals surface area contributed by atoms with Crippen molar-refractivity contribution in [1.82, 2.24) is 10.2 Å². The van der Waals surface area contributed by atoms with Crippen LogP contribution >= 0.6 is 0 Å². The molecule has 1 aliphatic carbocycles. The molecule has 2 heteroatoms. The summed E-state index contributed by atoms with van der Waals surface area (Å²) in [5, 5.41) is 3.95. The van der Waals surface area contributed by atoms with E-state index in [4.69, 9.17) is 0 Å². The second-order valence-electron chi connectivity index (χ2n) is 7.26. The fraction of sp³-hybridized carbons (Fsp3) is 1.00. The molecule has 1 saturated heterocycles. The Hall–Kier alpha value is -0.0800. The summed E-state index contributed by atoms with van der Waals surface area (Å²) in [4.78, 5) is 2.65. The Morgan fingerprint density at radius 2 is 1.53 bits per heavy atom. The van der Waals surface area contributed by atoms with Gasteiger partial charge in [0.05, 0.1) is 0 Å². The monoisotopic (exact) mass is 266 g/mol. The summed E-state index contributed by atoms with van der Waals surface area (Å²) in [5.41, 5.74) is 0. The van der Waals surface area contributed by atoms with E-state index in [0.717, 1.165) is 23.9 Å². The van der Waals surface area contributed by atoms with E-state index in [1.165, 1.54) is 64.6 Å².